The number of anilines is 1. The Morgan fingerprint density at radius 1 is 1.12 bits per heavy atom. The molecule has 2 aromatic rings. The Hall–Kier alpha value is -2.54. The minimum absolute atomic E-state index is 0.0801. The van der Waals surface area contributed by atoms with Gasteiger partial charge in [-0.1, -0.05) is 11.6 Å². The summed E-state index contributed by atoms with van der Waals surface area (Å²) in [5, 5.41) is 3.07. The van der Waals surface area contributed by atoms with Crippen LogP contribution in [0.5, 0.6) is 0 Å². The molecular formula is C17H13ClF3NO3. The zero-order valence-electron chi connectivity index (χ0n) is 13.0. The Balaban J connectivity index is 1.92. The van der Waals surface area contributed by atoms with Crippen LogP contribution in [0.15, 0.2) is 42.5 Å². The molecule has 132 valence electrons. The molecule has 0 saturated carbocycles. The van der Waals surface area contributed by atoms with Crippen LogP contribution in [-0.2, 0) is 15.7 Å². The van der Waals surface area contributed by atoms with Gasteiger partial charge in [-0.2, -0.15) is 13.2 Å². The number of alkyl halides is 3. The Morgan fingerprint density at radius 3 is 2.32 bits per heavy atom. The van der Waals surface area contributed by atoms with Crippen LogP contribution in [0.25, 0.3) is 0 Å². The van der Waals surface area contributed by atoms with Crippen LogP contribution in [0.2, 0.25) is 5.02 Å². The quantitative estimate of drug-likeness (QED) is 0.807. The second kappa shape index (κ2) is 7.57. The molecule has 1 amide bonds. The molecule has 8 heteroatoms. The topological polar surface area (TPSA) is 55.4 Å². The number of hydrogen-bond donors (Lipinski definition) is 1. The fourth-order valence-corrected chi connectivity index (χ4v) is 2.19. The molecule has 0 heterocycles. The highest BCUT2D eigenvalue weighted by Crippen LogP contribution is 2.29. The summed E-state index contributed by atoms with van der Waals surface area (Å²) < 4.78 is 42.2. The molecule has 0 aliphatic heterocycles. The summed E-state index contributed by atoms with van der Waals surface area (Å²) in [6.07, 6.45) is -4.49. The van der Waals surface area contributed by atoms with Gasteiger partial charge >= 0.3 is 12.1 Å². The molecule has 25 heavy (non-hydrogen) atoms. The number of rotatable bonds is 4. The average molecular weight is 372 g/mol. The normalized spacial score (nSPS) is 11.1. The van der Waals surface area contributed by atoms with E-state index in [-0.39, 0.29) is 5.56 Å². The lowest BCUT2D eigenvalue weighted by molar-refractivity contribution is -0.137. The van der Waals surface area contributed by atoms with Crippen LogP contribution in [-0.4, -0.2) is 18.5 Å². The second-order valence-electron chi connectivity index (χ2n) is 5.16. The van der Waals surface area contributed by atoms with E-state index < -0.39 is 30.2 Å². The number of ether oxygens (including phenoxy) is 1. The Kier molecular flexibility index (Phi) is 5.69. The van der Waals surface area contributed by atoms with Gasteiger partial charge in [0.15, 0.2) is 6.61 Å². The SMILES string of the molecule is Cc1cc(Cl)ccc1NC(=O)COC(=O)c1ccc(C(F)(F)F)cc1. The standard InChI is InChI=1S/C17H13ClF3NO3/c1-10-8-13(18)6-7-14(10)22-15(23)9-25-16(24)11-2-4-12(5-3-11)17(19,20)21/h2-8H,9H2,1H3,(H,22,23). The molecular weight excluding hydrogens is 359 g/mol. The number of amides is 1. The highest BCUT2D eigenvalue weighted by Gasteiger charge is 2.30. The molecule has 1 N–H and O–H groups in total. The molecule has 0 bridgehead atoms. The van der Waals surface area contributed by atoms with Crippen molar-refractivity contribution in [3.63, 3.8) is 0 Å². The van der Waals surface area contributed by atoms with E-state index in [0.717, 1.165) is 29.8 Å². The molecule has 0 unspecified atom stereocenters. The predicted octanol–water partition coefficient (Wildman–Crippen LogP) is 4.46. The summed E-state index contributed by atoms with van der Waals surface area (Å²) in [6.45, 7) is 1.18. The van der Waals surface area contributed by atoms with Crippen LogP contribution < -0.4 is 5.32 Å². The van der Waals surface area contributed by atoms with Gasteiger partial charge in [-0.3, -0.25) is 4.79 Å². The van der Waals surface area contributed by atoms with Crippen molar-refractivity contribution in [3.05, 3.63) is 64.2 Å². The molecule has 4 nitrogen and oxygen atoms in total. The summed E-state index contributed by atoms with van der Waals surface area (Å²) >= 11 is 5.81. The molecule has 0 atom stereocenters. The molecule has 0 aromatic heterocycles. The lowest BCUT2D eigenvalue weighted by atomic mass is 10.1. The van der Waals surface area contributed by atoms with Crippen LogP contribution in [0.3, 0.4) is 0 Å². The summed E-state index contributed by atoms with van der Waals surface area (Å²) in [6, 6.07) is 8.39. The monoisotopic (exact) mass is 371 g/mol. The van der Waals surface area contributed by atoms with Crippen molar-refractivity contribution >= 4 is 29.2 Å². The van der Waals surface area contributed by atoms with Crippen LogP contribution in [0.4, 0.5) is 18.9 Å². The van der Waals surface area contributed by atoms with Gasteiger partial charge in [0.1, 0.15) is 0 Å². The Labute approximate surface area is 146 Å². The van der Waals surface area contributed by atoms with Gasteiger partial charge in [0, 0.05) is 10.7 Å². The smallest absolute Gasteiger partial charge is 0.416 e. The first-order valence-electron chi connectivity index (χ1n) is 7.07. The molecule has 0 aliphatic carbocycles. The minimum Gasteiger partial charge on any atom is -0.452 e. The summed E-state index contributed by atoms with van der Waals surface area (Å²) in [7, 11) is 0. The van der Waals surface area contributed by atoms with Gasteiger partial charge in [0.25, 0.3) is 5.91 Å². The number of carbonyl (C=O) groups excluding carboxylic acids is 2. The van der Waals surface area contributed by atoms with Crippen LogP contribution >= 0.6 is 11.6 Å². The number of esters is 1. The Morgan fingerprint density at radius 2 is 1.76 bits per heavy atom. The van der Waals surface area contributed by atoms with E-state index in [1.165, 1.54) is 0 Å². The van der Waals surface area contributed by atoms with E-state index >= 15 is 0 Å². The predicted molar refractivity (Wildman–Crippen MR) is 86.5 cm³/mol. The van der Waals surface area contributed by atoms with E-state index in [2.05, 4.69) is 5.32 Å². The van der Waals surface area contributed by atoms with E-state index in [1.807, 2.05) is 0 Å². The molecule has 0 aliphatic rings. The maximum absolute atomic E-state index is 12.5. The summed E-state index contributed by atoms with van der Waals surface area (Å²) in [5.74, 6) is -1.47. The van der Waals surface area contributed by atoms with Crippen molar-refractivity contribution in [1.29, 1.82) is 0 Å². The van der Waals surface area contributed by atoms with E-state index in [1.54, 1.807) is 25.1 Å². The number of halogens is 4. The number of carbonyl (C=O) groups is 2. The fourth-order valence-electron chi connectivity index (χ4n) is 1.96. The zero-order valence-corrected chi connectivity index (χ0v) is 13.7. The van der Waals surface area contributed by atoms with Crippen molar-refractivity contribution in [2.75, 3.05) is 11.9 Å². The van der Waals surface area contributed by atoms with Crippen LogP contribution in [0.1, 0.15) is 21.5 Å². The molecule has 2 rings (SSSR count). The third-order valence-corrected chi connectivity index (χ3v) is 3.48. The molecule has 0 saturated heterocycles. The minimum atomic E-state index is -4.49. The van der Waals surface area contributed by atoms with Crippen molar-refractivity contribution in [1.82, 2.24) is 0 Å². The number of nitrogens with one attached hydrogen (secondary N) is 1. The molecule has 2 aromatic carbocycles. The maximum Gasteiger partial charge on any atom is 0.416 e. The molecule has 0 radical (unpaired) electrons. The van der Waals surface area contributed by atoms with Crippen molar-refractivity contribution < 1.29 is 27.5 Å². The highest BCUT2D eigenvalue weighted by atomic mass is 35.5. The van der Waals surface area contributed by atoms with E-state index in [9.17, 15) is 22.8 Å². The van der Waals surface area contributed by atoms with Gasteiger partial charge in [-0.05, 0) is 55.0 Å². The average Bonchev–Trinajstić information content (AvgIpc) is 2.54. The number of benzene rings is 2. The number of aryl methyl sites for hydroxylation is 1. The number of hydrogen-bond acceptors (Lipinski definition) is 3. The zero-order chi connectivity index (χ0) is 18.6. The summed E-state index contributed by atoms with van der Waals surface area (Å²) in [5.41, 5.74) is 0.290. The Bertz CT molecular complexity index is 789. The second-order valence-corrected chi connectivity index (χ2v) is 5.60. The van der Waals surface area contributed by atoms with Crippen molar-refractivity contribution in [2.45, 2.75) is 13.1 Å². The van der Waals surface area contributed by atoms with Gasteiger partial charge in [0.2, 0.25) is 0 Å². The first-order valence-corrected chi connectivity index (χ1v) is 7.45. The molecule has 0 fully saturated rings. The third-order valence-electron chi connectivity index (χ3n) is 3.24. The van der Waals surface area contributed by atoms with Crippen molar-refractivity contribution in [2.24, 2.45) is 0 Å². The first kappa shape index (κ1) is 18.8. The highest BCUT2D eigenvalue weighted by molar-refractivity contribution is 6.30. The van der Waals surface area contributed by atoms with Crippen LogP contribution in [0, 0.1) is 6.92 Å². The molecule has 0 spiro atoms. The van der Waals surface area contributed by atoms with E-state index in [0.29, 0.717) is 10.7 Å². The maximum atomic E-state index is 12.5. The fraction of sp³-hybridized carbons (Fsp3) is 0.176. The largest absolute Gasteiger partial charge is 0.452 e. The van der Waals surface area contributed by atoms with Crippen molar-refractivity contribution in [3.8, 4) is 0 Å². The van der Waals surface area contributed by atoms with E-state index in [4.69, 9.17) is 16.3 Å². The first-order chi connectivity index (χ1) is 11.7. The lowest BCUT2D eigenvalue weighted by Gasteiger charge is -2.10. The third kappa shape index (κ3) is 5.22. The van der Waals surface area contributed by atoms with Gasteiger partial charge < -0.3 is 10.1 Å². The van der Waals surface area contributed by atoms with Gasteiger partial charge in [-0.15, -0.1) is 0 Å². The lowest BCUT2D eigenvalue weighted by Crippen LogP contribution is -2.21. The van der Waals surface area contributed by atoms with Gasteiger partial charge in [-0.25, -0.2) is 4.79 Å². The summed E-state index contributed by atoms with van der Waals surface area (Å²) in [4.78, 5) is 23.6. The van der Waals surface area contributed by atoms with Gasteiger partial charge in [0.05, 0.1) is 11.1 Å².